The number of pyridine rings is 1. The SMILES string of the molecule is O=C(O)CCNC(=S)NCCCNc1nc(NCc2ccccc2)ccc1[N+](=O)[O-]. The van der Waals surface area contributed by atoms with Crippen LogP contribution in [0, 0.1) is 10.1 Å². The van der Waals surface area contributed by atoms with Crippen LogP contribution in [0.1, 0.15) is 18.4 Å². The predicted octanol–water partition coefficient (Wildman–Crippen LogP) is 2.34. The quantitative estimate of drug-likeness (QED) is 0.147. The van der Waals surface area contributed by atoms with Crippen LogP contribution in [-0.4, -0.2) is 45.7 Å². The average Bonchev–Trinajstić information content (AvgIpc) is 2.72. The summed E-state index contributed by atoms with van der Waals surface area (Å²) in [5, 5.41) is 32.1. The van der Waals surface area contributed by atoms with Gasteiger partial charge in [-0.05, 0) is 30.3 Å². The zero-order valence-corrected chi connectivity index (χ0v) is 17.1. The second-order valence-electron chi connectivity index (χ2n) is 6.27. The Kier molecular flexibility index (Phi) is 9.25. The van der Waals surface area contributed by atoms with Gasteiger partial charge in [0.15, 0.2) is 5.11 Å². The Hall–Kier alpha value is -3.47. The minimum absolute atomic E-state index is 0.0205. The van der Waals surface area contributed by atoms with Crippen LogP contribution in [0.2, 0.25) is 0 Å². The van der Waals surface area contributed by atoms with Crippen molar-refractivity contribution in [3.8, 4) is 0 Å². The minimum Gasteiger partial charge on any atom is -0.481 e. The van der Waals surface area contributed by atoms with Crippen molar-refractivity contribution in [2.75, 3.05) is 30.3 Å². The lowest BCUT2D eigenvalue weighted by Crippen LogP contribution is -2.37. The van der Waals surface area contributed by atoms with E-state index in [9.17, 15) is 14.9 Å². The summed E-state index contributed by atoms with van der Waals surface area (Å²) < 4.78 is 0. The number of aromatic nitrogens is 1. The second kappa shape index (κ2) is 12.2. The third-order valence-electron chi connectivity index (χ3n) is 3.94. The number of benzene rings is 1. The molecule has 0 radical (unpaired) electrons. The van der Waals surface area contributed by atoms with Gasteiger partial charge < -0.3 is 26.4 Å². The fraction of sp³-hybridized carbons (Fsp3) is 0.316. The van der Waals surface area contributed by atoms with Gasteiger partial charge >= 0.3 is 11.7 Å². The molecule has 0 unspecified atom stereocenters. The number of hydrogen-bond donors (Lipinski definition) is 5. The van der Waals surface area contributed by atoms with Gasteiger partial charge in [-0.15, -0.1) is 0 Å². The summed E-state index contributed by atoms with van der Waals surface area (Å²) in [6.07, 6.45) is 0.606. The lowest BCUT2D eigenvalue weighted by molar-refractivity contribution is -0.384. The Balaban J connectivity index is 1.80. The molecule has 0 atom stereocenters. The molecule has 2 aromatic rings. The molecule has 0 amide bonds. The number of aliphatic carboxylic acids is 1. The molecule has 160 valence electrons. The van der Waals surface area contributed by atoms with E-state index >= 15 is 0 Å². The van der Waals surface area contributed by atoms with E-state index in [-0.39, 0.29) is 24.5 Å². The molecule has 0 aliphatic rings. The molecule has 11 heteroatoms. The highest BCUT2D eigenvalue weighted by Gasteiger charge is 2.15. The predicted molar refractivity (Wildman–Crippen MR) is 119 cm³/mol. The molecule has 0 spiro atoms. The van der Waals surface area contributed by atoms with E-state index in [2.05, 4.69) is 26.3 Å². The molecule has 10 nitrogen and oxygen atoms in total. The first-order valence-electron chi connectivity index (χ1n) is 9.36. The standard InChI is InChI=1S/C19H24N6O4S/c26-17(27)9-12-22-19(30)21-11-4-10-20-18-15(25(28)29)7-8-16(24-18)23-13-14-5-2-1-3-6-14/h1-3,5-8H,4,9-13H2,(H,26,27)(H2,20,23,24)(H2,21,22,30). The monoisotopic (exact) mass is 432 g/mol. The number of rotatable bonds is 12. The van der Waals surface area contributed by atoms with Crippen LogP contribution < -0.4 is 21.3 Å². The van der Waals surface area contributed by atoms with Gasteiger partial charge in [-0.25, -0.2) is 4.98 Å². The summed E-state index contributed by atoms with van der Waals surface area (Å²) >= 11 is 5.05. The van der Waals surface area contributed by atoms with Crippen molar-refractivity contribution in [2.24, 2.45) is 0 Å². The Morgan fingerprint density at radius 3 is 2.50 bits per heavy atom. The van der Waals surface area contributed by atoms with E-state index < -0.39 is 10.9 Å². The summed E-state index contributed by atoms with van der Waals surface area (Å²) in [6.45, 7) is 1.77. The van der Waals surface area contributed by atoms with Crippen LogP contribution in [0.15, 0.2) is 42.5 Å². The van der Waals surface area contributed by atoms with Gasteiger partial charge in [0.25, 0.3) is 0 Å². The van der Waals surface area contributed by atoms with Gasteiger partial charge in [-0.1, -0.05) is 30.3 Å². The number of carboxylic acids is 1. The molecule has 0 aliphatic carbocycles. The molecule has 0 aliphatic heterocycles. The van der Waals surface area contributed by atoms with Crippen LogP contribution in [0.3, 0.4) is 0 Å². The van der Waals surface area contributed by atoms with E-state index in [1.165, 1.54) is 6.07 Å². The number of nitro groups is 1. The Morgan fingerprint density at radius 2 is 1.80 bits per heavy atom. The van der Waals surface area contributed by atoms with Crippen molar-refractivity contribution < 1.29 is 14.8 Å². The van der Waals surface area contributed by atoms with E-state index in [4.69, 9.17) is 17.3 Å². The number of hydrogen-bond acceptors (Lipinski definition) is 7. The number of anilines is 2. The van der Waals surface area contributed by atoms with Crippen LogP contribution in [0.5, 0.6) is 0 Å². The highest BCUT2D eigenvalue weighted by molar-refractivity contribution is 7.80. The van der Waals surface area contributed by atoms with Gasteiger partial charge in [0.05, 0.1) is 11.3 Å². The number of nitrogens with one attached hydrogen (secondary N) is 4. The third-order valence-corrected chi connectivity index (χ3v) is 4.23. The highest BCUT2D eigenvalue weighted by Crippen LogP contribution is 2.24. The van der Waals surface area contributed by atoms with Crippen molar-refractivity contribution in [2.45, 2.75) is 19.4 Å². The van der Waals surface area contributed by atoms with Crippen molar-refractivity contribution >= 4 is 40.6 Å². The van der Waals surface area contributed by atoms with Crippen molar-refractivity contribution in [3.63, 3.8) is 0 Å². The molecule has 0 saturated carbocycles. The third kappa shape index (κ3) is 8.27. The zero-order chi connectivity index (χ0) is 21.8. The number of thiocarbonyl (C=S) groups is 1. The van der Waals surface area contributed by atoms with Gasteiger partial charge in [0.2, 0.25) is 5.82 Å². The summed E-state index contributed by atoms with van der Waals surface area (Å²) in [7, 11) is 0. The smallest absolute Gasteiger partial charge is 0.311 e. The van der Waals surface area contributed by atoms with Crippen molar-refractivity contribution in [1.82, 2.24) is 15.6 Å². The van der Waals surface area contributed by atoms with Crippen molar-refractivity contribution in [3.05, 3.63) is 58.1 Å². The number of carboxylic acid groups (broad SMARTS) is 1. The van der Waals surface area contributed by atoms with E-state index in [1.807, 2.05) is 30.3 Å². The molecule has 1 heterocycles. The molecular weight excluding hydrogens is 408 g/mol. The minimum atomic E-state index is -0.899. The Bertz CT molecular complexity index is 865. The topological polar surface area (TPSA) is 141 Å². The first-order valence-corrected chi connectivity index (χ1v) is 9.77. The van der Waals surface area contributed by atoms with Crippen LogP contribution >= 0.6 is 12.2 Å². The molecule has 1 aromatic carbocycles. The summed E-state index contributed by atoms with van der Waals surface area (Å²) in [6, 6.07) is 12.8. The first kappa shape index (κ1) is 22.8. The largest absolute Gasteiger partial charge is 0.481 e. The van der Waals surface area contributed by atoms with Crippen LogP contribution in [-0.2, 0) is 11.3 Å². The molecule has 5 N–H and O–H groups in total. The maximum absolute atomic E-state index is 11.3. The average molecular weight is 433 g/mol. The van der Waals surface area contributed by atoms with Gasteiger partial charge in [0, 0.05) is 32.2 Å². The van der Waals surface area contributed by atoms with Crippen LogP contribution in [0.25, 0.3) is 0 Å². The van der Waals surface area contributed by atoms with Crippen molar-refractivity contribution in [1.29, 1.82) is 0 Å². The second-order valence-corrected chi connectivity index (χ2v) is 6.68. The normalized spacial score (nSPS) is 10.1. The first-order chi connectivity index (χ1) is 14.5. The highest BCUT2D eigenvalue weighted by atomic mass is 32.1. The molecule has 0 fully saturated rings. The molecule has 30 heavy (non-hydrogen) atoms. The Labute approximate surface area is 179 Å². The zero-order valence-electron chi connectivity index (χ0n) is 16.3. The maximum Gasteiger partial charge on any atom is 0.311 e. The fourth-order valence-electron chi connectivity index (χ4n) is 2.46. The van der Waals surface area contributed by atoms with E-state index in [0.29, 0.717) is 37.0 Å². The lowest BCUT2D eigenvalue weighted by atomic mass is 10.2. The summed E-state index contributed by atoms with van der Waals surface area (Å²) in [5.74, 6) is -0.168. The molecule has 1 aromatic heterocycles. The van der Waals surface area contributed by atoms with Gasteiger partial charge in [0.1, 0.15) is 5.82 Å². The van der Waals surface area contributed by atoms with Gasteiger partial charge in [-0.3, -0.25) is 14.9 Å². The number of carbonyl (C=O) groups is 1. The lowest BCUT2D eigenvalue weighted by Gasteiger charge is -2.11. The molecule has 0 saturated heterocycles. The number of nitrogens with zero attached hydrogens (tertiary/aromatic N) is 2. The van der Waals surface area contributed by atoms with E-state index in [1.54, 1.807) is 6.07 Å². The molecule has 0 bridgehead atoms. The van der Waals surface area contributed by atoms with Crippen LogP contribution in [0.4, 0.5) is 17.3 Å². The molecular formula is C19H24N6O4S. The maximum atomic E-state index is 11.3. The molecule has 2 rings (SSSR count). The fourth-order valence-corrected chi connectivity index (χ4v) is 2.66. The summed E-state index contributed by atoms with van der Waals surface area (Å²) in [4.78, 5) is 25.6. The van der Waals surface area contributed by atoms with E-state index in [0.717, 1.165) is 5.56 Å². The summed E-state index contributed by atoms with van der Waals surface area (Å²) in [5.41, 5.74) is 0.977. The Morgan fingerprint density at radius 1 is 1.07 bits per heavy atom. The van der Waals surface area contributed by atoms with Gasteiger partial charge in [-0.2, -0.15) is 0 Å².